The minimum absolute atomic E-state index is 0. The van der Waals surface area contributed by atoms with Gasteiger partial charge in [0.15, 0.2) is 0 Å². The third-order valence-corrected chi connectivity index (χ3v) is 3.86. The van der Waals surface area contributed by atoms with Crippen LogP contribution in [0, 0.1) is 18.2 Å². The first-order chi connectivity index (χ1) is 11.8. The Bertz CT molecular complexity index is 458. The molecule has 6 heteroatoms. The monoisotopic (exact) mass is 696 g/mol. The maximum absolute atomic E-state index is 3.26. The molecule has 3 aliphatic carbocycles. The Morgan fingerprint density at radius 1 is 0.533 bits per heavy atom. The van der Waals surface area contributed by atoms with Gasteiger partial charge in [-0.25, -0.2) is 34.9 Å². The van der Waals surface area contributed by atoms with Gasteiger partial charge in [-0.2, -0.15) is 18.2 Å². The van der Waals surface area contributed by atoms with Gasteiger partial charge in [-0.05, 0) is 0 Å². The molecule has 162 valence electrons. The standard InChI is InChI=1S/3C8H11.3ClH.3Zr/c3*1-2-5-8-6-3-4-7-8;;;;;;/h3*3,6H,2,4-5H2,1H3;3*1H;;;/q3*-1;;;;3*+2/p-3. The molecule has 0 aromatic carbocycles. The van der Waals surface area contributed by atoms with Crippen molar-refractivity contribution < 1.29 is 116 Å². The summed E-state index contributed by atoms with van der Waals surface area (Å²) in [5.74, 6) is 0. The Balaban J connectivity index is -0.0000000655. The minimum atomic E-state index is 0. The summed E-state index contributed by atoms with van der Waals surface area (Å²) in [6.07, 6.45) is 33.2. The van der Waals surface area contributed by atoms with Crippen LogP contribution in [-0.4, -0.2) is 0 Å². The van der Waals surface area contributed by atoms with Crippen LogP contribution in [0.4, 0.5) is 0 Å². The molecule has 0 atom stereocenters. The molecule has 30 heavy (non-hydrogen) atoms. The molecule has 0 saturated heterocycles. The van der Waals surface area contributed by atoms with Gasteiger partial charge in [0.25, 0.3) is 0 Å². The molecule has 0 amide bonds. The topological polar surface area (TPSA) is 0 Å². The van der Waals surface area contributed by atoms with E-state index in [-0.39, 0.29) is 116 Å². The summed E-state index contributed by atoms with van der Waals surface area (Å²) < 4.78 is 0. The Labute approximate surface area is 262 Å². The van der Waals surface area contributed by atoms with Crippen LogP contribution in [0.25, 0.3) is 0 Å². The van der Waals surface area contributed by atoms with Gasteiger partial charge < -0.3 is 37.2 Å². The molecule has 0 heterocycles. The first-order valence-electron chi connectivity index (χ1n) is 9.58. The van der Waals surface area contributed by atoms with Crippen molar-refractivity contribution in [3.8, 4) is 0 Å². The van der Waals surface area contributed by atoms with Gasteiger partial charge in [-0.1, -0.05) is 59.3 Å². The number of halogens is 3. The smallest absolute Gasteiger partial charge is 1.00 e. The van der Waals surface area contributed by atoms with Gasteiger partial charge >= 0.3 is 78.6 Å². The van der Waals surface area contributed by atoms with Crippen molar-refractivity contribution in [2.75, 3.05) is 0 Å². The summed E-state index contributed by atoms with van der Waals surface area (Å²) in [7, 11) is 0. The zero-order valence-corrected chi connectivity index (χ0v) is 28.1. The maximum atomic E-state index is 3.26. The molecule has 3 rings (SSSR count). The van der Waals surface area contributed by atoms with E-state index in [0.717, 1.165) is 19.3 Å². The van der Waals surface area contributed by atoms with Gasteiger partial charge in [0.05, 0.1) is 0 Å². The van der Waals surface area contributed by atoms with Gasteiger partial charge in [0, 0.05) is 0 Å². The fourth-order valence-electron chi connectivity index (χ4n) is 2.67. The van der Waals surface area contributed by atoms with Crippen molar-refractivity contribution in [3.05, 3.63) is 71.4 Å². The SMILES string of the molecule is CCCC1=[C-]CC=C1.CCCC1=[C-]CC=C1.CCCC1=[C-]CC=C1.[Cl-].[Cl-].[Cl-].[Zr+2].[Zr+2].[Zr+2]. The molecular formula is C24H33Cl3Zr3. The third kappa shape index (κ3) is 24.6. The maximum Gasteiger partial charge on any atom is 2.00 e. The summed E-state index contributed by atoms with van der Waals surface area (Å²) in [5.41, 5.74) is 4.19. The van der Waals surface area contributed by atoms with E-state index in [4.69, 9.17) is 0 Å². The summed E-state index contributed by atoms with van der Waals surface area (Å²) in [6.45, 7) is 6.59. The molecule has 0 aromatic rings. The fourth-order valence-corrected chi connectivity index (χ4v) is 2.67. The van der Waals surface area contributed by atoms with Crippen molar-refractivity contribution >= 4 is 0 Å². The average Bonchev–Trinajstić information content (AvgIpc) is 3.33. The van der Waals surface area contributed by atoms with E-state index < -0.39 is 0 Å². The number of allylic oxidation sites excluding steroid dienone is 12. The van der Waals surface area contributed by atoms with Gasteiger partial charge in [0.1, 0.15) is 0 Å². The Hall–Kier alpha value is 1.96. The van der Waals surface area contributed by atoms with Gasteiger partial charge in [-0.3, -0.25) is 18.2 Å². The summed E-state index contributed by atoms with van der Waals surface area (Å²) in [5, 5.41) is 0. The normalized spacial score (nSPS) is 13.5. The summed E-state index contributed by atoms with van der Waals surface area (Å²) in [6, 6.07) is 0. The third-order valence-electron chi connectivity index (χ3n) is 3.86. The van der Waals surface area contributed by atoms with Crippen molar-refractivity contribution in [1.29, 1.82) is 0 Å². The van der Waals surface area contributed by atoms with E-state index in [1.807, 2.05) is 0 Å². The summed E-state index contributed by atoms with van der Waals surface area (Å²) in [4.78, 5) is 0. The van der Waals surface area contributed by atoms with Crippen LogP contribution >= 0.6 is 0 Å². The summed E-state index contributed by atoms with van der Waals surface area (Å²) >= 11 is 0. The van der Waals surface area contributed by atoms with E-state index in [1.165, 1.54) is 55.2 Å². The van der Waals surface area contributed by atoms with E-state index in [9.17, 15) is 0 Å². The molecule has 3 aliphatic rings. The fraction of sp³-hybridized carbons (Fsp3) is 0.500. The largest absolute Gasteiger partial charge is 2.00 e. The van der Waals surface area contributed by atoms with Crippen molar-refractivity contribution in [3.63, 3.8) is 0 Å². The number of hydrogen-bond acceptors (Lipinski definition) is 0. The van der Waals surface area contributed by atoms with Crippen LogP contribution in [0.2, 0.25) is 0 Å². The average molecular weight is 702 g/mol. The van der Waals surface area contributed by atoms with Gasteiger partial charge in [0.2, 0.25) is 0 Å². The number of rotatable bonds is 6. The van der Waals surface area contributed by atoms with E-state index >= 15 is 0 Å². The Morgan fingerprint density at radius 3 is 0.900 bits per heavy atom. The Morgan fingerprint density at radius 2 is 0.767 bits per heavy atom. The first-order valence-corrected chi connectivity index (χ1v) is 9.58. The quantitative estimate of drug-likeness (QED) is 0.294. The molecule has 0 aromatic heterocycles. The van der Waals surface area contributed by atoms with E-state index in [2.05, 4.69) is 75.5 Å². The predicted molar refractivity (Wildman–Crippen MR) is 106 cm³/mol. The second kappa shape index (κ2) is 33.1. The van der Waals surface area contributed by atoms with Crippen molar-refractivity contribution in [2.24, 2.45) is 0 Å². The molecule has 0 radical (unpaired) electrons. The van der Waals surface area contributed by atoms with Crippen molar-refractivity contribution in [1.82, 2.24) is 0 Å². The minimum Gasteiger partial charge on any atom is -1.00 e. The molecule has 0 nitrogen and oxygen atoms in total. The van der Waals surface area contributed by atoms with Crippen LogP contribution in [-0.2, 0) is 78.6 Å². The van der Waals surface area contributed by atoms with Gasteiger partial charge in [-0.15, -0.1) is 19.3 Å². The second-order valence-electron chi connectivity index (χ2n) is 6.18. The second-order valence-corrected chi connectivity index (χ2v) is 6.18. The zero-order valence-electron chi connectivity index (χ0n) is 18.5. The Kier molecular flexibility index (Phi) is 50.2. The van der Waals surface area contributed by atoms with Crippen LogP contribution in [0.1, 0.15) is 78.6 Å². The van der Waals surface area contributed by atoms with E-state index in [1.54, 1.807) is 0 Å². The van der Waals surface area contributed by atoms with Crippen LogP contribution < -0.4 is 37.2 Å². The first kappa shape index (κ1) is 45.5. The van der Waals surface area contributed by atoms with Crippen molar-refractivity contribution in [2.45, 2.75) is 78.6 Å². The molecule has 0 unspecified atom stereocenters. The molecule has 0 aliphatic heterocycles. The molecule has 0 spiro atoms. The van der Waals surface area contributed by atoms with Crippen LogP contribution in [0.5, 0.6) is 0 Å². The number of hydrogen-bond donors (Lipinski definition) is 0. The molecule has 0 N–H and O–H groups in total. The molecule has 0 bridgehead atoms. The molecule has 0 fully saturated rings. The molecular weight excluding hydrogens is 668 g/mol. The predicted octanol–water partition coefficient (Wildman–Crippen LogP) is -1.57. The van der Waals surface area contributed by atoms with Crippen LogP contribution in [0.3, 0.4) is 0 Å². The molecule has 0 saturated carbocycles. The van der Waals surface area contributed by atoms with Crippen LogP contribution in [0.15, 0.2) is 53.2 Å². The zero-order chi connectivity index (χ0) is 17.5. The van der Waals surface area contributed by atoms with E-state index in [0.29, 0.717) is 0 Å².